The summed E-state index contributed by atoms with van der Waals surface area (Å²) in [6, 6.07) is -4.60. The van der Waals surface area contributed by atoms with Crippen LogP contribution in [-0.2, 0) is 30.4 Å². The number of aromatic nitrogens is 2. The molecule has 4 amide bonds. The number of nitrogens with two attached hydrogens (primary N) is 4. The van der Waals surface area contributed by atoms with Gasteiger partial charge in [-0.25, -0.2) is 9.78 Å². The molecule has 16 heteroatoms. The van der Waals surface area contributed by atoms with E-state index in [1.54, 1.807) is 6.92 Å². The first kappa shape index (κ1) is 32.8. The number of carboxylic acid groups (broad SMARTS) is 1. The van der Waals surface area contributed by atoms with Crippen molar-refractivity contribution in [1.29, 1.82) is 0 Å². The monoisotopic (exact) mass is 552 g/mol. The fourth-order valence-electron chi connectivity index (χ4n) is 3.52. The molecule has 0 unspecified atom stereocenters. The summed E-state index contributed by atoms with van der Waals surface area (Å²) in [4.78, 5) is 72.4. The largest absolute Gasteiger partial charge is 0.480 e. The number of aromatic amines is 1. The van der Waals surface area contributed by atoms with E-state index in [2.05, 4.69) is 30.9 Å². The van der Waals surface area contributed by atoms with Gasteiger partial charge in [0.1, 0.15) is 18.1 Å². The molecular formula is C23H40N10O6. The van der Waals surface area contributed by atoms with Crippen molar-refractivity contribution in [3.63, 3.8) is 0 Å². The first-order valence-corrected chi connectivity index (χ1v) is 12.6. The first-order valence-electron chi connectivity index (χ1n) is 12.6. The van der Waals surface area contributed by atoms with Gasteiger partial charge in [-0.15, -0.1) is 0 Å². The summed E-state index contributed by atoms with van der Waals surface area (Å²) < 4.78 is 0. The molecule has 0 saturated heterocycles. The molecule has 0 saturated carbocycles. The third kappa shape index (κ3) is 12.3. The molecule has 1 rings (SSSR count). The topological polar surface area (TPSA) is 287 Å². The standard InChI is InChI=1S/C23H40N10O6/c1-3-12(2)18(33-19(35)14(24)5-4-8-29-23(26)27)21(37)32-16(9-13-10-28-11-30-13)20(36)31-15(22(38)39)6-7-17(25)34/h10-12,14-16,18H,3-9,24H2,1-2H3,(H2,25,34)(H,28,30)(H,31,36)(H,32,37)(H,33,35)(H,38,39)(H4,26,27,29)/t12-,14-,15-,16-,18-/m0/s1. The van der Waals surface area contributed by atoms with Crippen LogP contribution in [-0.4, -0.2) is 81.3 Å². The van der Waals surface area contributed by atoms with Gasteiger partial charge in [0.25, 0.3) is 0 Å². The summed E-state index contributed by atoms with van der Waals surface area (Å²) in [5.74, 6) is -4.52. The number of hydrogen-bond donors (Lipinski definition) is 9. The molecule has 0 aromatic carbocycles. The zero-order valence-corrected chi connectivity index (χ0v) is 22.2. The van der Waals surface area contributed by atoms with E-state index in [1.165, 1.54) is 12.5 Å². The molecule has 218 valence electrons. The van der Waals surface area contributed by atoms with Gasteiger partial charge in [0, 0.05) is 31.3 Å². The Morgan fingerprint density at radius 2 is 1.69 bits per heavy atom. The summed E-state index contributed by atoms with van der Waals surface area (Å²) >= 11 is 0. The Balaban J connectivity index is 3.02. The van der Waals surface area contributed by atoms with Crippen LogP contribution in [0.15, 0.2) is 17.5 Å². The number of primary amides is 1. The number of nitrogens with one attached hydrogen (secondary N) is 4. The minimum absolute atomic E-state index is 0.0504. The molecule has 0 radical (unpaired) electrons. The molecule has 16 nitrogen and oxygen atoms in total. The Morgan fingerprint density at radius 3 is 2.23 bits per heavy atom. The number of nitrogens with zero attached hydrogens (tertiary/aromatic N) is 2. The highest BCUT2D eigenvalue weighted by Crippen LogP contribution is 2.11. The second-order valence-electron chi connectivity index (χ2n) is 9.17. The number of aliphatic imine (C=N–C) groups is 1. The van der Waals surface area contributed by atoms with Crippen LogP contribution in [0.25, 0.3) is 0 Å². The Labute approximate surface area is 226 Å². The van der Waals surface area contributed by atoms with Gasteiger partial charge >= 0.3 is 5.97 Å². The van der Waals surface area contributed by atoms with Crippen molar-refractivity contribution in [3.05, 3.63) is 18.2 Å². The van der Waals surface area contributed by atoms with E-state index in [1.807, 2.05) is 6.92 Å². The van der Waals surface area contributed by atoms with Crippen molar-refractivity contribution in [2.75, 3.05) is 6.54 Å². The third-order valence-corrected chi connectivity index (χ3v) is 6.00. The molecule has 39 heavy (non-hydrogen) atoms. The smallest absolute Gasteiger partial charge is 0.326 e. The fraction of sp³-hybridized carbons (Fsp3) is 0.609. The van der Waals surface area contributed by atoms with Crippen LogP contribution in [0.5, 0.6) is 0 Å². The highest BCUT2D eigenvalue weighted by Gasteiger charge is 2.32. The number of aliphatic carboxylic acids is 1. The molecule has 0 spiro atoms. The van der Waals surface area contributed by atoms with E-state index in [0.29, 0.717) is 25.1 Å². The Hall–Kier alpha value is -4.21. The van der Waals surface area contributed by atoms with E-state index in [9.17, 15) is 29.1 Å². The Kier molecular flexibility index (Phi) is 14.0. The van der Waals surface area contributed by atoms with Crippen molar-refractivity contribution in [2.45, 2.75) is 76.5 Å². The van der Waals surface area contributed by atoms with Crippen molar-refractivity contribution in [1.82, 2.24) is 25.9 Å². The van der Waals surface area contributed by atoms with E-state index in [0.717, 1.165) is 0 Å². The van der Waals surface area contributed by atoms with Crippen molar-refractivity contribution in [2.24, 2.45) is 33.8 Å². The number of guanidine groups is 1. The maximum absolute atomic E-state index is 13.3. The molecule has 1 aromatic rings. The first-order chi connectivity index (χ1) is 18.3. The lowest BCUT2D eigenvalue weighted by atomic mass is 9.96. The van der Waals surface area contributed by atoms with Crippen LogP contribution >= 0.6 is 0 Å². The number of imidazole rings is 1. The van der Waals surface area contributed by atoms with Crippen LogP contribution in [0.2, 0.25) is 0 Å². The summed E-state index contributed by atoms with van der Waals surface area (Å²) in [6.45, 7) is 3.88. The minimum atomic E-state index is -1.41. The fourth-order valence-corrected chi connectivity index (χ4v) is 3.52. The Bertz CT molecular complexity index is 996. The van der Waals surface area contributed by atoms with E-state index in [-0.39, 0.29) is 37.6 Å². The highest BCUT2D eigenvalue weighted by molar-refractivity contribution is 5.94. The number of carbonyl (C=O) groups is 5. The summed E-state index contributed by atoms with van der Waals surface area (Å²) in [7, 11) is 0. The van der Waals surface area contributed by atoms with E-state index >= 15 is 0 Å². The number of hydrogen-bond acceptors (Lipinski definition) is 8. The van der Waals surface area contributed by atoms with Gasteiger partial charge in [-0.3, -0.25) is 24.2 Å². The van der Waals surface area contributed by atoms with Gasteiger partial charge in [0.2, 0.25) is 23.6 Å². The zero-order chi connectivity index (χ0) is 29.5. The van der Waals surface area contributed by atoms with Gasteiger partial charge in [0.05, 0.1) is 12.4 Å². The predicted molar refractivity (Wildman–Crippen MR) is 141 cm³/mol. The second kappa shape index (κ2) is 16.6. The molecule has 5 atom stereocenters. The number of carbonyl (C=O) groups excluding carboxylic acids is 4. The molecule has 1 heterocycles. The summed E-state index contributed by atoms with van der Waals surface area (Å²) in [5.41, 5.74) is 22.1. The highest BCUT2D eigenvalue weighted by atomic mass is 16.4. The molecule has 0 fully saturated rings. The second-order valence-corrected chi connectivity index (χ2v) is 9.17. The Morgan fingerprint density at radius 1 is 1.03 bits per heavy atom. The van der Waals surface area contributed by atoms with Gasteiger partial charge in [-0.2, -0.15) is 0 Å². The molecule has 0 bridgehead atoms. The molecule has 0 aliphatic carbocycles. The minimum Gasteiger partial charge on any atom is -0.480 e. The lowest BCUT2D eigenvalue weighted by molar-refractivity contribution is -0.142. The molecular weight excluding hydrogens is 512 g/mol. The predicted octanol–water partition coefficient (Wildman–Crippen LogP) is -2.82. The quantitative estimate of drug-likeness (QED) is 0.0511. The molecule has 13 N–H and O–H groups in total. The average Bonchev–Trinajstić information content (AvgIpc) is 3.38. The van der Waals surface area contributed by atoms with Gasteiger partial charge in [0.15, 0.2) is 5.96 Å². The van der Waals surface area contributed by atoms with Gasteiger partial charge in [-0.05, 0) is 25.2 Å². The van der Waals surface area contributed by atoms with E-state index in [4.69, 9.17) is 22.9 Å². The molecule has 0 aliphatic heterocycles. The number of amides is 4. The van der Waals surface area contributed by atoms with E-state index < -0.39 is 53.8 Å². The lowest BCUT2D eigenvalue weighted by Crippen LogP contribution is -2.59. The van der Waals surface area contributed by atoms with Crippen LogP contribution in [0.4, 0.5) is 0 Å². The van der Waals surface area contributed by atoms with Crippen LogP contribution < -0.4 is 38.9 Å². The third-order valence-electron chi connectivity index (χ3n) is 6.00. The number of carboxylic acids is 1. The number of H-pyrrole nitrogens is 1. The maximum atomic E-state index is 13.3. The van der Waals surface area contributed by atoms with Crippen molar-refractivity contribution >= 4 is 35.6 Å². The average molecular weight is 553 g/mol. The van der Waals surface area contributed by atoms with Gasteiger partial charge < -0.3 is 49.0 Å². The summed E-state index contributed by atoms with van der Waals surface area (Å²) in [6.07, 6.45) is 3.52. The van der Waals surface area contributed by atoms with Crippen LogP contribution in [0.3, 0.4) is 0 Å². The number of rotatable bonds is 18. The van der Waals surface area contributed by atoms with Crippen molar-refractivity contribution in [3.8, 4) is 0 Å². The lowest BCUT2D eigenvalue weighted by Gasteiger charge is -2.28. The SMILES string of the molecule is CC[C@H](C)[C@H](NC(=O)[C@@H](N)CCCN=C(N)N)C(=O)N[C@@H](Cc1cnc[nH]1)C(=O)N[C@@H](CCC(N)=O)C(=O)O. The maximum Gasteiger partial charge on any atom is 0.326 e. The van der Waals surface area contributed by atoms with Crippen molar-refractivity contribution < 1.29 is 29.1 Å². The molecule has 0 aliphatic rings. The van der Waals surface area contributed by atoms with Crippen LogP contribution in [0.1, 0.15) is 51.6 Å². The zero-order valence-electron chi connectivity index (χ0n) is 22.2. The van der Waals surface area contributed by atoms with Crippen LogP contribution in [0, 0.1) is 5.92 Å². The summed E-state index contributed by atoms with van der Waals surface area (Å²) in [5, 5.41) is 17.0. The molecule has 1 aromatic heterocycles. The van der Waals surface area contributed by atoms with Gasteiger partial charge in [-0.1, -0.05) is 20.3 Å². The normalized spacial score (nSPS) is 14.6.